The van der Waals surface area contributed by atoms with Crippen molar-refractivity contribution >= 4 is 11.0 Å². The first-order valence-electron chi connectivity index (χ1n) is 10.7. The third kappa shape index (κ3) is 3.86. The van der Waals surface area contributed by atoms with Crippen molar-refractivity contribution in [2.45, 2.75) is 25.9 Å². The Kier molecular flexibility index (Phi) is 5.38. The fourth-order valence-electron chi connectivity index (χ4n) is 4.11. The molecule has 0 aliphatic carbocycles. The molecule has 0 unspecified atom stereocenters. The number of hydrogen-bond acceptors (Lipinski definition) is 3. The molecule has 1 saturated heterocycles. The molecule has 1 aliphatic heterocycles. The summed E-state index contributed by atoms with van der Waals surface area (Å²) in [7, 11) is 0. The Bertz CT molecular complexity index is 1310. The monoisotopic (exact) mass is 426 g/mol. The van der Waals surface area contributed by atoms with Crippen LogP contribution in [0.5, 0.6) is 5.75 Å². The van der Waals surface area contributed by atoms with Crippen molar-refractivity contribution in [3.05, 3.63) is 71.7 Å². The average Bonchev–Trinajstić information content (AvgIpc) is 3.25. The van der Waals surface area contributed by atoms with Gasteiger partial charge in [-0.25, -0.2) is 9.37 Å². The van der Waals surface area contributed by atoms with E-state index < -0.39 is 5.82 Å². The van der Waals surface area contributed by atoms with Crippen LogP contribution in [0, 0.1) is 25.1 Å². The number of fused-ring (bicyclic) bond motifs is 1. The predicted molar refractivity (Wildman–Crippen MR) is 124 cm³/mol. The van der Waals surface area contributed by atoms with Crippen molar-refractivity contribution in [2.24, 2.45) is 0 Å². The minimum Gasteiger partial charge on any atom is -0.489 e. The molecule has 4 aromatic rings. The van der Waals surface area contributed by atoms with Gasteiger partial charge < -0.3 is 14.5 Å². The summed E-state index contributed by atoms with van der Waals surface area (Å²) in [6.45, 7) is 3.42. The predicted octanol–water partition coefficient (Wildman–Crippen LogP) is 5.88. The lowest BCUT2D eigenvalue weighted by Crippen LogP contribution is -2.26. The quantitative estimate of drug-likeness (QED) is 0.414. The molecule has 4 nitrogen and oxygen atoms in total. The molecule has 0 radical (unpaired) electrons. The molecular formula is C27H23FN2O2. The number of pyridine rings is 1. The molecule has 5 rings (SSSR count). The zero-order chi connectivity index (χ0) is 22.1. The van der Waals surface area contributed by atoms with E-state index in [-0.39, 0.29) is 6.10 Å². The van der Waals surface area contributed by atoms with Crippen LogP contribution in [-0.4, -0.2) is 29.3 Å². The Morgan fingerprint density at radius 2 is 1.84 bits per heavy atom. The number of ether oxygens (including phenoxy) is 2. The minimum absolute atomic E-state index is 0.0767. The Morgan fingerprint density at radius 3 is 2.59 bits per heavy atom. The summed E-state index contributed by atoms with van der Waals surface area (Å²) in [6, 6.07) is 15.6. The fraction of sp³-hybridized carbons (Fsp3) is 0.222. The van der Waals surface area contributed by atoms with E-state index in [1.165, 1.54) is 11.8 Å². The summed E-state index contributed by atoms with van der Waals surface area (Å²) in [4.78, 5) is 7.57. The van der Waals surface area contributed by atoms with Gasteiger partial charge >= 0.3 is 0 Å². The Morgan fingerprint density at radius 1 is 1.09 bits per heavy atom. The molecule has 0 bridgehead atoms. The molecule has 160 valence electrons. The number of nitrogens with zero attached hydrogens (tertiary/aromatic N) is 1. The molecule has 0 spiro atoms. The fourth-order valence-corrected chi connectivity index (χ4v) is 4.11. The number of rotatable bonds is 4. The molecule has 1 aliphatic rings. The minimum atomic E-state index is -0.395. The van der Waals surface area contributed by atoms with Crippen LogP contribution >= 0.6 is 0 Å². The molecule has 0 atom stereocenters. The van der Waals surface area contributed by atoms with Crippen LogP contribution < -0.4 is 4.74 Å². The van der Waals surface area contributed by atoms with Crippen molar-refractivity contribution in [3.8, 4) is 40.5 Å². The number of halogens is 1. The van der Waals surface area contributed by atoms with Crippen LogP contribution in [0.4, 0.5) is 4.39 Å². The first-order valence-corrected chi connectivity index (χ1v) is 10.7. The summed E-state index contributed by atoms with van der Waals surface area (Å²) in [5, 5.41) is 0.710. The summed E-state index contributed by atoms with van der Waals surface area (Å²) in [5.41, 5.74) is 5.48. The van der Waals surface area contributed by atoms with E-state index in [4.69, 9.17) is 15.9 Å². The number of hydrogen-bond donors (Lipinski definition) is 1. The number of aryl methyl sites for hydroxylation is 1. The molecule has 2 aromatic carbocycles. The Balaban J connectivity index is 1.55. The number of benzene rings is 2. The van der Waals surface area contributed by atoms with Gasteiger partial charge in [0, 0.05) is 29.5 Å². The largest absolute Gasteiger partial charge is 0.489 e. The van der Waals surface area contributed by atoms with Gasteiger partial charge in [0.1, 0.15) is 23.3 Å². The van der Waals surface area contributed by atoms with E-state index in [2.05, 4.69) is 15.9 Å². The second-order valence-corrected chi connectivity index (χ2v) is 8.08. The summed E-state index contributed by atoms with van der Waals surface area (Å²) in [6.07, 6.45) is 8.76. The lowest BCUT2D eigenvalue weighted by atomic mass is 10.00. The van der Waals surface area contributed by atoms with Crippen molar-refractivity contribution in [2.75, 3.05) is 13.2 Å². The Labute approximate surface area is 186 Å². The van der Waals surface area contributed by atoms with E-state index in [1.54, 1.807) is 0 Å². The lowest BCUT2D eigenvalue weighted by molar-refractivity contribution is 0.0254. The number of aromatic nitrogens is 2. The van der Waals surface area contributed by atoms with Gasteiger partial charge in [0.25, 0.3) is 0 Å². The molecule has 1 fully saturated rings. The van der Waals surface area contributed by atoms with Gasteiger partial charge in [-0.1, -0.05) is 41.8 Å². The second kappa shape index (κ2) is 8.49. The molecule has 5 heteroatoms. The third-order valence-electron chi connectivity index (χ3n) is 5.86. The second-order valence-electron chi connectivity index (χ2n) is 8.08. The van der Waals surface area contributed by atoms with Crippen molar-refractivity contribution in [3.63, 3.8) is 0 Å². The van der Waals surface area contributed by atoms with Crippen LogP contribution in [0.15, 0.2) is 54.7 Å². The number of aromatic amines is 1. The normalized spacial score (nSPS) is 14.4. The topological polar surface area (TPSA) is 47.1 Å². The van der Waals surface area contributed by atoms with Gasteiger partial charge in [-0.15, -0.1) is 6.42 Å². The standard InChI is InChI=1S/C27H23FN2O2/c1-3-18-14-20(8-9-25(18)32-21-10-12-31-13-11-21)26-22-15-24(19-6-4-17(2)5-7-19)30-27(22)29-16-23(26)28/h1,4-9,14-16,21H,10-13H2,2H3,(H,29,30). The van der Waals surface area contributed by atoms with E-state index in [1.807, 2.05) is 55.5 Å². The molecule has 3 heterocycles. The van der Waals surface area contributed by atoms with Gasteiger partial charge in [0.15, 0.2) is 0 Å². The van der Waals surface area contributed by atoms with Gasteiger partial charge in [0.2, 0.25) is 0 Å². The van der Waals surface area contributed by atoms with Crippen LogP contribution in [0.25, 0.3) is 33.4 Å². The zero-order valence-electron chi connectivity index (χ0n) is 17.8. The molecule has 0 amide bonds. The summed E-state index contributed by atoms with van der Waals surface area (Å²) >= 11 is 0. The van der Waals surface area contributed by atoms with Crippen molar-refractivity contribution in [1.29, 1.82) is 0 Å². The van der Waals surface area contributed by atoms with Crippen LogP contribution in [0.3, 0.4) is 0 Å². The van der Waals surface area contributed by atoms with Gasteiger partial charge in [0.05, 0.1) is 25.0 Å². The average molecular weight is 426 g/mol. The first-order chi connectivity index (χ1) is 15.6. The van der Waals surface area contributed by atoms with Gasteiger partial charge in [-0.3, -0.25) is 0 Å². The Hall–Kier alpha value is -3.62. The summed E-state index contributed by atoms with van der Waals surface area (Å²) in [5.74, 6) is 2.94. The highest BCUT2D eigenvalue weighted by atomic mass is 19.1. The summed E-state index contributed by atoms with van der Waals surface area (Å²) < 4.78 is 26.5. The smallest absolute Gasteiger partial charge is 0.150 e. The molecule has 2 aromatic heterocycles. The number of terminal acetylenes is 1. The van der Waals surface area contributed by atoms with Crippen LogP contribution in [0.1, 0.15) is 24.0 Å². The van der Waals surface area contributed by atoms with E-state index in [0.29, 0.717) is 46.7 Å². The first kappa shape index (κ1) is 20.3. The van der Waals surface area contributed by atoms with Gasteiger partial charge in [-0.05, 0) is 36.2 Å². The molecule has 1 N–H and O–H groups in total. The SMILES string of the molecule is C#Cc1cc(-c2c(F)cnc3[nH]c(-c4ccc(C)cc4)cc23)ccc1OC1CCOCC1. The maximum Gasteiger partial charge on any atom is 0.150 e. The van der Waals surface area contributed by atoms with Gasteiger partial charge in [-0.2, -0.15) is 0 Å². The highest BCUT2D eigenvalue weighted by Crippen LogP contribution is 2.35. The number of H-pyrrole nitrogens is 1. The third-order valence-corrected chi connectivity index (χ3v) is 5.86. The van der Waals surface area contributed by atoms with E-state index in [9.17, 15) is 0 Å². The highest BCUT2D eigenvalue weighted by Gasteiger charge is 2.19. The van der Waals surface area contributed by atoms with Crippen LogP contribution in [0.2, 0.25) is 0 Å². The molecular weight excluding hydrogens is 403 g/mol. The van der Waals surface area contributed by atoms with E-state index >= 15 is 4.39 Å². The highest BCUT2D eigenvalue weighted by molar-refractivity contribution is 5.96. The molecule has 32 heavy (non-hydrogen) atoms. The van der Waals surface area contributed by atoms with Crippen molar-refractivity contribution < 1.29 is 13.9 Å². The zero-order valence-corrected chi connectivity index (χ0v) is 17.8. The maximum atomic E-state index is 15.0. The lowest BCUT2D eigenvalue weighted by Gasteiger charge is -2.24. The number of nitrogens with one attached hydrogen (secondary N) is 1. The molecule has 0 saturated carbocycles. The maximum absolute atomic E-state index is 15.0. The van der Waals surface area contributed by atoms with E-state index in [0.717, 1.165) is 24.1 Å². The van der Waals surface area contributed by atoms with Crippen molar-refractivity contribution in [1.82, 2.24) is 9.97 Å². The van der Waals surface area contributed by atoms with Crippen LogP contribution in [-0.2, 0) is 4.74 Å².